The fourth-order valence-electron chi connectivity index (χ4n) is 2.27. The van der Waals surface area contributed by atoms with Crippen LogP contribution in [0.4, 0.5) is 0 Å². The van der Waals surface area contributed by atoms with E-state index in [0.717, 1.165) is 32.8 Å². The van der Waals surface area contributed by atoms with Crippen LogP contribution in [-0.2, 0) is 14.2 Å². The molecule has 17 heavy (non-hydrogen) atoms. The summed E-state index contributed by atoms with van der Waals surface area (Å²) in [5.74, 6) is 0. The summed E-state index contributed by atoms with van der Waals surface area (Å²) in [6, 6.07) is 0. The van der Waals surface area contributed by atoms with Crippen LogP contribution in [0, 0.1) is 0 Å². The summed E-state index contributed by atoms with van der Waals surface area (Å²) in [6.45, 7) is 8.01. The molecular weight excluding hydrogens is 220 g/mol. The molecule has 2 fully saturated rings. The first-order valence-electron chi connectivity index (χ1n) is 6.48. The summed E-state index contributed by atoms with van der Waals surface area (Å²) in [6.07, 6.45) is 0.678. The summed E-state index contributed by atoms with van der Waals surface area (Å²) in [7, 11) is 2.12. The van der Waals surface area contributed by atoms with E-state index >= 15 is 0 Å². The van der Waals surface area contributed by atoms with E-state index in [2.05, 4.69) is 24.2 Å². The van der Waals surface area contributed by atoms with Gasteiger partial charge >= 0.3 is 0 Å². The number of ether oxygens (including phenoxy) is 3. The molecule has 2 aliphatic rings. The van der Waals surface area contributed by atoms with Gasteiger partial charge in [-0.05, 0) is 14.0 Å². The van der Waals surface area contributed by atoms with E-state index in [0.29, 0.717) is 13.2 Å². The predicted molar refractivity (Wildman–Crippen MR) is 65.3 cm³/mol. The average Bonchev–Trinajstić information content (AvgIpc) is 2.29. The van der Waals surface area contributed by atoms with Gasteiger partial charge in [-0.25, -0.2) is 0 Å². The van der Waals surface area contributed by atoms with E-state index in [-0.39, 0.29) is 18.3 Å². The third kappa shape index (κ3) is 4.52. The minimum absolute atomic E-state index is 0.181. The van der Waals surface area contributed by atoms with E-state index in [1.165, 1.54) is 0 Å². The zero-order valence-electron chi connectivity index (χ0n) is 10.9. The van der Waals surface area contributed by atoms with Gasteiger partial charge in [0.2, 0.25) is 0 Å². The molecule has 3 atom stereocenters. The van der Waals surface area contributed by atoms with Crippen molar-refractivity contribution in [3.05, 3.63) is 0 Å². The number of nitrogens with one attached hydrogen (secondary N) is 1. The molecule has 100 valence electrons. The van der Waals surface area contributed by atoms with Gasteiger partial charge in [-0.2, -0.15) is 0 Å². The van der Waals surface area contributed by atoms with Crippen molar-refractivity contribution >= 4 is 0 Å². The summed E-state index contributed by atoms with van der Waals surface area (Å²) < 4.78 is 17.1. The van der Waals surface area contributed by atoms with Gasteiger partial charge in [0.15, 0.2) is 0 Å². The lowest BCUT2D eigenvalue weighted by Crippen LogP contribution is -2.46. The summed E-state index contributed by atoms with van der Waals surface area (Å²) in [5, 5.41) is 3.34. The molecule has 2 aliphatic heterocycles. The van der Waals surface area contributed by atoms with E-state index in [1.54, 1.807) is 0 Å². The Balaban J connectivity index is 1.58. The van der Waals surface area contributed by atoms with Gasteiger partial charge in [-0.15, -0.1) is 0 Å². The SMILES string of the molecule is CC1CNCC(COCC2CN(C)CCO2)O1. The Hall–Kier alpha value is -0.200. The molecule has 2 saturated heterocycles. The highest BCUT2D eigenvalue weighted by Gasteiger charge is 2.21. The highest BCUT2D eigenvalue weighted by molar-refractivity contribution is 4.72. The number of nitrogens with zero attached hydrogens (tertiary/aromatic N) is 1. The van der Waals surface area contributed by atoms with Gasteiger partial charge in [0.1, 0.15) is 0 Å². The van der Waals surface area contributed by atoms with Crippen molar-refractivity contribution < 1.29 is 14.2 Å². The minimum atomic E-state index is 0.181. The first-order valence-corrected chi connectivity index (χ1v) is 6.48. The highest BCUT2D eigenvalue weighted by atomic mass is 16.6. The van der Waals surface area contributed by atoms with Crippen LogP contribution in [0.15, 0.2) is 0 Å². The molecule has 0 bridgehead atoms. The molecule has 0 spiro atoms. The van der Waals surface area contributed by atoms with E-state index < -0.39 is 0 Å². The Bertz CT molecular complexity index is 206. The van der Waals surface area contributed by atoms with Crippen molar-refractivity contribution in [2.24, 2.45) is 0 Å². The van der Waals surface area contributed by atoms with Gasteiger partial charge in [0.05, 0.1) is 38.1 Å². The molecule has 3 unspecified atom stereocenters. The van der Waals surface area contributed by atoms with Gasteiger partial charge in [-0.3, -0.25) is 0 Å². The maximum Gasteiger partial charge on any atom is 0.0936 e. The Kier molecular flexibility index (Phi) is 5.18. The molecular formula is C12H24N2O3. The number of morpholine rings is 2. The molecule has 0 aliphatic carbocycles. The van der Waals surface area contributed by atoms with Crippen molar-refractivity contribution in [3.8, 4) is 0 Å². The van der Waals surface area contributed by atoms with Crippen LogP contribution < -0.4 is 5.32 Å². The first kappa shape index (κ1) is 13.2. The monoisotopic (exact) mass is 244 g/mol. The molecule has 0 amide bonds. The zero-order valence-corrected chi connectivity index (χ0v) is 10.9. The topological polar surface area (TPSA) is 43.0 Å². The van der Waals surface area contributed by atoms with E-state index in [9.17, 15) is 0 Å². The van der Waals surface area contributed by atoms with Crippen LogP contribution >= 0.6 is 0 Å². The van der Waals surface area contributed by atoms with Crippen molar-refractivity contribution in [2.75, 3.05) is 53.0 Å². The Morgan fingerprint density at radius 1 is 1.29 bits per heavy atom. The van der Waals surface area contributed by atoms with Crippen LogP contribution in [0.25, 0.3) is 0 Å². The molecule has 2 heterocycles. The largest absolute Gasteiger partial charge is 0.376 e. The zero-order chi connectivity index (χ0) is 12.1. The number of hydrogen-bond acceptors (Lipinski definition) is 5. The second-order valence-corrected chi connectivity index (χ2v) is 5.02. The van der Waals surface area contributed by atoms with Crippen LogP contribution in [0.2, 0.25) is 0 Å². The van der Waals surface area contributed by atoms with Gasteiger partial charge in [0.25, 0.3) is 0 Å². The van der Waals surface area contributed by atoms with Crippen molar-refractivity contribution in [1.82, 2.24) is 10.2 Å². The van der Waals surface area contributed by atoms with Gasteiger partial charge < -0.3 is 24.4 Å². The number of likely N-dealkylation sites (N-methyl/N-ethyl adjacent to an activating group) is 1. The Morgan fingerprint density at radius 3 is 2.88 bits per heavy atom. The summed E-state index contributed by atoms with van der Waals surface area (Å²) >= 11 is 0. The van der Waals surface area contributed by atoms with Crippen molar-refractivity contribution in [3.63, 3.8) is 0 Å². The van der Waals surface area contributed by atoms with Crippen LogP contribution in [0.5, 0.6) is 0 Å². The van der Waals surface area contributed by atoms with Gasteiger partial charge in [-0.1, -0.05) is 0 Å². The maximum atomic E-state index is 5.76. The Morgan fingerprint density at radius 2 is 2.12 bits per heavy atom. The van der Waals surface area contributed by atoms with Crippen molar-refractivity contribution in [2.45, 2.75) is 25.2 Å². The fraction of sp³-hybridized carbons (Fsp3) is 1.00. The lowest BCUT2D eigenvalue weighted by atomic mass is 10.2. The van der Waals surface area contributed by atoms with Crippen LogP contribution in [0.3, 0.4) is 0 Å². The van der Waals surface area contributed by atoms with E-state index in [4.69, 9.17) is 14.2 Å². The number of hydrogen-bond donors (Lipinski definition) is 1. The average molecular weight is 244 g/mol. The quantitative estimate of drug-likeness (QED) is 0.736. The normalized spacial score (nSPS) is 36.0. The summed E-state index contributed by atoms with van der Waals surface area (Å²) in [5.41, 5.74) is 0. The van der Waals surface area contributed by atoms with Gasteiger partial charge in [0, 0.05) is 26.2 Å². The molecule has 0 aromatic heterocycles. The molecule has 0 aromatic carbocycles. The number of rotatable bonds is 4. The molecule has 0 saturated carbocycles. The molecule has 2 rings (SSSR count). The minimum Gasteiger partial charge on any atom is -0.376 e. The third-order valence-corrected chi connectivity index (χ3v) is 3.18. The fourth-order valence-corrected chi connectivity index (χ4v) is 2.27. The third-order valence-electron chi connectivity index (χ3n) is 3.18. The van der Waals surface area contributed by atoms with Crippen molar-refractivity contribution in [1.29, 1.82) is 0 Å². The smallest absolute Gasteiger partial charge is 0.0936 e. The summed E-state index contributed by atoms with van der Waals surface area (Å²) in [4.78, 5) is 2.28. The lowest BCUT2D eigenvalue weighted by Gasteiger charge is -2.31. The predicted octanol–water partition coefficient (Wildman–Crippen LogP) is -0.289. The van der Waals surface area contributed by atoms with Crippen LogP contribution in [-0.4, -0.2) is 76.3 Å². The second-order valence-electron chi connectivity index (χ2n) is 5.02. The maximum absolute atomic E-state index is 5.76. The van der Waals surface area contributed by atoms with Crippen LogP contribution in [0.1, 0.15) is 6.92 Å². The van der Waals surface area contributed by atoms with E-state index in [1.807, 2.05) is 0 Å². The standard InChI is InChI=1S/C12H24N2O3/c1-10-5-13-6-11(17-10)8-15-9-12-7-14(2)3-4-16-12/h10-13H,3-9H2,1-2H3. The molecule has 5 nitrogen and oxygen atoms in total. The molecule has 0 radical (unpaired) electrons. The molecule has 1 N–H and O–H groups in total. The lowest BCUT2D eigenvalue weighted by molar-refractivity contribution is -0.100. The molecule has 0 aromatic rings. The first-order chi connectivity index (χ1) is 8.24. The second kappa shape index (κ2) is 6.66. The molecule has 5 heteroatoms. The Labute approximate surface area is 103 Å². The highest BCUT2D eigenvalue weighted by Crippen LogP contribution is 2.06.